The van der Waals surface area contributed by atoms with Crippen molar-refractivity contribution in [1.29, 1.82) is 0 Å². The van der Waals surface area contributed by atoms with E-state index < -0.39 is 0 Å². The minimum Gasteiger partial charge on any atom is -0.494 e. The number of benzene rings is 1. The van der Waals surface area contributed by atoms with Crippen LogP contribution in [-0.4, -0.2) is 46.1 Å². The predicted octanol–water partition coefficient (Wildman–Crippen LogP) is 2.22. The Morgan fingerprint density at radius 3 is 2.88 bits per heavy atom. The number of amides is 1. The fraction of sp³-hybridized carbons (Fsp3) is 0.353. The molecule has 132 valence electrons. The highest BCUT2D eigenvalue weighted by Crippen LogP contribution is 2.32. The first-order valence-corrected chi connectivity index (χ1v) is 9.15. The molecule has 1 aromatic carbocycles. The average molecular weight is 359 g/mol. The van der Waals surface area contributed by atoms with E-state index >= 15 is 0 Å². The standard InChI is InChI=1S/C17H21N5O2S/c1-3-9-18-15(23)12-25-17-20-19-16-21(10-11-22(16)17)13-5-7-14(8-6-13)24-4-2/h3,5-8H,1,4,9-12H2,2H3,(H,18,23). The van der Waals surface area contributed by atoms with Gasteiger partial charge in [-0.1, -0.05) is 17.8 Å². The number of rotatable bonds is 8. The number of anilines is 2. The highest BCUT2D eigenvalue weighted by molar-refractivity contribution is 7.99. The van der Waals surface area contributed by atoms with Crippen molar-refractivity contribution in [2.75, 3.05) is 30.3 Å². The van der Waals surface area contributed by atoms with Gasteiger partial charge in [-0.15, -0.1) is 16.8 Å². The van der Waals surface area contributed by atoms with Crippen LogP contribution >= 0.6 is 11.8 Å². The molecule has 1 amide bonds. The molecule has 0 unspecified atom stereocenters. The summed E-state index contributed by atoms with van der Waals surface area (Å²) in [5, 5.41) is 12.0. The van der Waals surface area contributed by atoms with E-state index in [1.54, 1.807) is 6.08 Å². The molecule has 0 radical (unpaired) electrons. The molecular formula is C17H21N5O2S. The molecule has 0 saturated heterocycles. The van der Waals surface area contributed by atoms with Crippen LogP contribution in [0.15, 0.2) is 42.1 Å². The fourth-order valence-corrected chi connectivity index (χ4v) is 3.37. The summed E-state index contributed by atoms with van der Waals surface area (Å²) in [6.45, 7) is 8.30. The number of thioether (sulfide) groups is 1. The SMILES string of the molecule is C=CCNC(=O)CSc1nnc2n1CCN2c1ccc(OCC)cc1. The molecule has 3 rings (SSSR count). The zero-order valence-corrected chi connectivity index (χ0v) is 15.0. The van der Waals surface area contributed by atoms with Crippen molar-refractivity contribution in [2.45, 2.75) is 18.6 Å². The summed E-state index contributed by atoms with van der Waals surface area (Å²) < 4.78 is 7.52. The smallest absolute Gasteiger partial charge is 0.232 e. The Labute approximate surface area is 151 Å². The Morgan fingerprint density at radius 1 is 1.36 bits per heavy atom. The maximum absolute atomic E-state index is 11.7. The van der Waals surface area contributed by atoms with E-state index in [1.165, 1.54) is 11.8 Å². The van der Waals surface area contributed by atoms with E-state index in [2.05, 4.69) is 27.0 Å². The summed E-state index contributed by atoms with van der Waals surface area (Å²) in [7, 11) is 0. The van der Waals surface area contributed by atoms with E-state index in [-0.39, 0.29) is 5.91 Å². The molecule has 0 spiro atoms. The Balaban J connectivity index is 1.66. The van der Waals surface area contributed by atoms with Crippen molar-refractivity contribution in [2.24, 2.45) is 0 Å². The van der Waals surface area contributed by atoms with Crippen molar-refractivity contribution in [3.63, 3.8) is 0 Å². The van der Waals surface area contributed by atoms with Crippen LogP contribution in [0.4, 0.5) is 11.6 Å². The average Bonchev–Trinajstić information content (AvgIpc) is 3.21. The van der Waals surface area contributed by atoms with Gasteiger partial charge in [-0.3, -0.25) is 9.36 Å². The molecule has 7 nitrogen and oxygen atoms in total. The van der Waals surface area contributed by atoms with Crippen LogP contribution in [0.3, 0.4) is 0 Å². The highest BCUT2D eigenvalue weighted by Gasteiger charge is 2.26. The van der Waals surface area contributed by atoms with Crippen molar-refractivity contribution in [3.05, 3.63) is 36.9 Å². The molecule has 0 fully saturated rings. The van der Waals surface area contributed by atoms with Crippen molar-refractivity contribution >= 4 is 29.3 Å². The van der Waals surface area contributed by atoms with Crippen LogP contribution in [0.5, 0.6) is 5.75 Å². The third-order valence-electron chi connectivity index (χ3n) is 3.72. The number of nitrogens with one attached hydrogen (secondary N) is 1. The molecule has 0 bridgehead atoms. The Bertz CT molecular complexity index is 744. The van der Waals surface area contributed by atoms with Gasteiger partial charge in [0.15, 0.2) is 5.16 Å². The second-order valence-electron chi connectivity index (χ2n) is 5.39. The molecule has 1 aliphatic rings. The number of carbonyl (C=O) groups is 1. The van der Waals surface area contributed by atoms with Gasteiger partial charge < -0.3 is 15.0 Å². The molecule has 1 aromatic heterocycles. The molecule has 2 aromatic rings. The molecule has 8 heteroatoms. The molecule has 25 heavy (non-hydrogen) atoms. The predicted molar refractivity (Wildman–Crippen MR) is 98.6 cm³/mol. The van der Waals surface area contributed by atoms with E-state index in [9.17, 15) is 4.79 Å². The Kier molecular flexibility index (Phi) is 5.60. The van der Waals surface area contributed by atoms with E-state index in [0.29, 0.717) is 18.9 Å². The van der Waals surface area contributed by atoms with Gasteiger partial charge in [0, 0.05) is 25.3 Å². The number of hydrogen-bond donors (Lipinski definition) is 1. The highest BCUT2D eigenvalue weighted by atomic mass is 32.2. The molecule has 2 heterocycles. The first-order chi connectivity index (χ1) is 12.2. The van der Waals surface area contributed by atoms with Gasteiger partial charge in [-0.25, -0.2) is 0 Å². The number of fused-ring (bicyclic) bond motifs is 1. The van der Waals surface area contributed by atoms with Crippen LogP contribution in [-0.2, 0) is 11.3 Å². The Morgan fingerprint density at radius 2 is 2.16 bits per heavy atom. The summed E-state index contributed by atoms with van der Waals surface area (Å²) in [5.41, 5.74) is 1.05. The number of nitrogens with zero attached hydrogens (tertiary/aromatic N) is 4. The largest absolute Gasteiger partial charge is 0.494 e. The minimum atomic E-state index is -0.0383. The third-order valence-corrected chi connectivity index (χ3v) is 4.69. The lowest BCUT2D eigenvalue weighted by Gasteiger charge is -2.15. The molecule has 1 aliphatic heterocycles. The van der Waals surface area contributed by atoms with Crippen LogP contribution < -0.4 is 15.0 Å². The van der Waals surface area contributed by atoms with Gasteiger partial charge in [-0.2, -0.15) is 0 Å². The molecular weight excluding hydrogens is 338 g/mol. The van der Waals surface area contributed by atoms with Gasteiger partial charge in [-0.05, 0) is 31.2 Å². The van der Waals surface area contributed by atoms with E-state index in [4.69, 9.17) is 4.74 Å². The summed E-state index contributed by atoms with van der Waals surface area (Å²) in [4.78, 5) is 13.8. The zero-order chi connectivity index (χ0) is 17.6. The number of carbonyl (C=O) groups excluding carboxylic acids is 1. The van der Waals surface area contributed by atoms with E-state index in [1.807, 2.05) is 35.8 Å². The van der Waals surface area contributed by atoms with Crippen LogP contribution in [0.25, 0.3) is 0 Å². The van der Waals surface area contributed by atoms with Gasteiger partial charge in [0.25, 0.3) is 0 Å². The van der Waals surface area contributed by atoms with Gasteiger partial charge in [0.2, 0.25) is 11.9 Å². The van der Waals surface area contributed by atoms with Crippen LogP contribution in [0, 0.1) is 0 Å². The first kappa shape index (κ1) is 17.3. The van der Waals surface area contributed by atoms with Crippen molar-refractivity contribution in [1.82, 2.24) is 20.1 Å². The fourth-order valence-electron chi connectivity index (χ4n) is 2.58. The Hall–Kier alpha value is -2.48. The third kappa shape index (κ3) is 3.96. The first-order valence-electron chi connectivity index (χ1n) is 8.17. The van der Waals surface area contributed by atoms with Gasteiger partial charge >= 0.3 is 0 Å². The minimum absolute atomic E-state index is 0.0383. The van der Waals surface area contributed by atoms with Crippen LogP contribution in [0.1, 0.15) is 6.92 Å². The number of hydrogen-bond acceptors (Lipinski definition) is 6. The lowest BCUT2D eigenvalue weighted by Crippen LogP contribution is -2.25. The maximum atomic E-state index is 11.7. The zero-order valence-electron chi connectivity index (χ0n) is 14.1. The van der Waals surface area contributed by atoms with Gasteiger partial charge in [0.05, 0.1) is 12.4 Å². The number of aromatic nitrogens is 3. The monoisotopic (exact) mass is 359 g/mol. The molecule has 0 atom stereocenters. The molecule has 1 N–H and O–H groups in total. The summed E-state index contributed by atoms with van der Waals surface area (Å²) in [6.07, 6.45) is 1.66. The van der Waals surface area contributed by atoms with Crippen molar-refractivity contribution < 1.29 is 9.53 Å². The topological polar surface area (TPSA) is 72.3 Å². The lowest BCUT2D eigenvalue weighted by molar-refractivity contribution is -0.118. The molecule has 0 aliphatic carbocycles. The summed E-state index contributed by atoms with van der Waals surface area (Å²) in [5.74, 6) is 1.94. The maximum Gasteiger partial charge on any atom is 0.232 e. The van der Waals surface area contributed by atoms with Crippen molar-refractivity contribution in [3.8, 4) is 5.75 Å². The second kappa shape index (κ2) is 8.06. The quantitative estimate of drug-likeness (QED) is 0.576. The van der Waals surface area contributed by atoms with Crippen LogP contribution in [0.2, 0.25) is 0 Å². The van der Waals surface area contributed by atoms with Gasteiger partial charge in [0.1, 0.15) is 5.75 Å². The second-order valence-corrected chi connectivity index (χ2v) is 6.34. The summed E-state index contributed by atoms with van der Waals surface area (Å²) >= 11 is 1.39. The molecule has 0 saturated carbocycles. The summed E-state index contributed by atoms with van der Waals surface area (Å²) in [6, 6.07) is 7.95. The van der Waals surface area contributed by atoms with E-state index in [0.717, 1.165) is 35.6 Å². The normalized spacial score (nSPS) is 12.8. The number of ether oxygens (including phenoxy) is 1. The lowest BCUT2D eigenvalue weighted by atomic mass is 10.3.